The molecule has 0 bridgehead atoms. The molecule has 2 amide bonds. The fraction of sp³-hybridized carbons (Fsp3) is 0.818. The number of carbonyl (C=O) groups excluding carboxylic acids is 2. The second-order valence-corrected chi connectivity index (χ2v) is 4.29. The smallest absolute Gasteiger partial charge is 0.239 e. The van der Waals surface area contributed by atoms with Gasteiger partial charge in [-0.2, -0.15) is 0 Å². The number of ether oxygens (including phenoxy) is 1. The summed E-state index contributed by atoms with van der Waals surface area (Å²) in [5, 5.41) is 5.32. The SMILES string of the molecule is CC(NC(=O)CNC(=O)CN)C1CCOCC1. The van der Waals surface area contributed by atoms with Crippen LogP contribution in [0.1, 0.15) is 19.8 Å². The Labute approximate surface area is 101 Å². The lowest BCUT2D eigenvalue weighted by Gasteiger charge is -2.28. The van der Waals surface area contributed by atoms with Crippen molar-refractivity contribution in [3.63, 3.8) is 0 Å². The zero-order chi connectivity index (χ0) is 12.7. The van der Waals surface area contributed by atoms with Crippen LogP contribution in [0.4, 0.5) is 0 Å². The second-order valence-electron chi connectivity index (χ2n) is 4.29. The monoisotopic (exact) mass is 243 g/mol. The average molecular weight is 243 g/mol. The van der Waals surface area contributed by atoms with Crippen LogP contribution in [0.25, 0.3) is 0 Å². The number of amides is 2. The molecule has 0 saturated carbocycles. The van der Waals surface area contributed by atoms with Gasteiger partial charge in [0.05, 0.1) is 13.1 Å². The van der Waals surface area contributed by atoms with E-state index >= 15 is 0 Å². The van der Waals surface area contributed by atoms with Crippen LogP contribution in [0.3, 0.4) is 0 Å². The number of nitrogens with two attached hydrogens (primary N) is 1. The molecule has 17 heavy (non-hydrogen) atoms. The maximum absolute atomic E-state index is 11.5. The van der Waals surface area contributed by atoms with Gasteiger partial charge in [0.15, 0.2) is 0 Å². The molecule has 1 rings (SSSR count). The number of nitrogens with one attached hydrogen (secondary N) is 2. The van der Waals surface area contributed by atoms with Crippen LogP contribution < -0.4 is 16.4 Å². The summed E-state index contributed by atoms with van der Waals surface area (Å²) in [6, 6.07) is 0.112. The van der Waals surface area contributed by atoms with E-state index in [1.807, 2.05) is 6.92 Å². The minimum absolute atomic E-state index is 0.0103. The molecule has 4 N–H and O–H groups in total. The van der Waals surface area contributed by atoms with Gasteiger partial charge < -0.3 is 21.1 Å². The van der Waals surface area contributed by atoms with Crippen LogP contribution >= 0.6 is 0 Å². The Kier molecular flexibility index (Phi) is 5.93. The Morgan fingerprint density at radius 3 is 2.59 bits per heavy atom. The van der Waals surface area contributed by atoms with Gasteiger partial charge >= 0.3 is 0 Å². The van der Waals surface area contributed by atoms with E-state index in [2.05, 4.69) is 10.6 Å². The molecule has 0 radical (unpaired) electrons. The van der Waals surface area contributed by atoms with Gasteiger partial charge in [-0.3, -0.25) is 9.59 Å². The van der Waals surface area contributed by atoms with Crippen molar-refractivity contribution in [2.75, 3.05) is 26.3 Å². The van der Waals surface area contributed by atoms with E-state index in [1.165, 1.54) is 0 Å². The summed E-state index contributed by atoms with van der Waals surface area (Å²) in [7, 11) is 0. The first-order valence-corrected chi connectivity index (χ1v) is 5.97. The molecule has 1 aliphatic rings. The Morgan fingerprint density at radius 2 is 2.00 bits per heavy atom. The van der Waals surface area contributed by atoms with Crippen molar-refractivity contribution in [1.82, 2.24) is 10.6 Å². The Hall–Kier alpha value is -1.14. The zero-order valence-corrected chi connectivity index (χ0v) is 10.2. The third-order valence-corrected chi connectivity index (χ3v) is 2.99. The first-order chi connectivity index (χ1) is 8.13. The molecule has 0 spiro atoms. The van der Waals surface area contributed by atoms with Gasteiger partial charge in [-0.15, -0.1) is 0 Å². The molecule has 1 unspecified atom stereocenters. The topological polar surface area (TPSA) is 93.5 Å². The molecular weight excluding hydrogens is 222 g/mol. The highest BCUT2D eigenvalue weighted by atomic mass is 16.5. The molecule has 0 aromatic carbocycles. The van der Waals surface area contributed by atoms with Gasteiger partial charge in [0.2, 0.25) is 11.8 Å². The molecule has 1 aliphatic heterocycles. The maximum atomic E-state index is 11.5. The fourth-order valence-corrected chi connectivity index (χ4v) is 1.89. The summed E-state index contributed by atoms with van der Waals surface area (Å²) in [6.45, 7) is 3.40. The lowest BCUT2D eigenvalue weighted by atomic mass is 9.93. The molecule has 98 valence electrons. The highest BCUT2D eigenvalue weighted by Gasteiger charge is 2.21. The molecule has 6 heteroatoms. The van der Waals surface area contributed by atoms with E-state index < -0.39 is 0 Å². The van der Waals surface area contributed by atoms with Crippen LogP contribution in [-0.4, -0.2) is 44.2 Å². The van der Waals surface area contributed by atoms with Crippen molar-refractivity contribution >= 4 is 11.8 Å². The standard InChI is InChI=1S/C11H21N3O3/c1-8(9-2-4-17-5-3-9)14-11(16)7-13-10(15)6-12/h8-9H,2-7,12H2,1H3,(H,13,15)(H,14,16). The van der Waals surface area contributed by atoms with Crippen molar-refractivity contribution in [3.05, 3.63) is 0 Å². The number of carbonyl (C=O) groups is 2. The van der Waals surface area contributed by atoms with Gasteiger partial charge in [-0.1, -0.05) is 0 Å². The van der Waals surface area contributed by atoms with Crippen molar-refractivity contribution in [1.29, 1.82) is 0 Å². The molecule has 1 atom stereocenters. The molecule has 0 aromatic heterocycles. The van der Waals surface area contributed by atoms with E-state index in [9.17, 15) is 9.59 Å². The predicted molar refractivity (Wildman–Crippen MR) is 63.2 cm³/mol. The molecule has 0 aliphatic carbocycles. The minimum atomic E-state index is -0.320. The third-order valence-electron chi connectivity index (χ3n) is 2.99. The molecular formula is C11H21N3O3. The average Bonchev–Trinajstić information content (AvgIpc) is 2.36. The largest absolute Gasteiger partial charge is 0.381 e. The van der Waals surface area contributed by atoms with E-state index in [-0.39, 0.29) is 30.9 Å². The molecule has 1 heterocycles. The number of hydrogen-bond acceptors (Lipinski definition) is 4. The fourth-order valence-electron chi connectivity index (χ4n) is 1.89. The molecule has 1 saturated heterocycles. The highest BCUT2D eigenvalue weighted by molar-refractivity contribution is 5.85. The third kappa shape index (κ3) is 5.14. The summed E-state index contributed by atoms with van der Waals surface area (Å²) >= 11 is 0. The summed E-state index contributed by atoms with van der Waals surface area (Å²) in [5.74, 6) is -0.0393. The summed E-state index contributed by atoms with van der Waals surface area (Å²) in [4.78, 5) is 22.4. The minimum Gasteiger partial charge on any atom is -0.381 e. The molecule has 0 aromatic rings. The molecule has 1 fully saturated rings. The summed E-state index contributed by atoms with van der Waals surface area (Å²) in [5.41, 5.74) is 5.12. The molecule has 6 nitrogen and oxygen atoms in total. The van der Waals surface area contributed by atoms with E-state index in [1.54, 1.807) is 0 Å². The van der Waals surface area contributed by atoms with Crippen molar-refractivity contribution in [2.24, 2.45) is 11.7 Å². The maximum Gasteiger partial charge on any atom is 0.239 e. The van der Waals surface area contributed by atoms with Crippen LogP contribution in [0.2, 0.25) is 0 Å². The van der Waals surface area contributed by atoms with Crippen molar-refractivity contribution in [3.8, 4) is 0 Å². The van der Waals surface area contributed by atoms with Crippen LogP contribution in [0, 0.1) is 5.92 Å². The number of hydrogen-bond donors (Lipinski definition) is 3. The zero-order valence-electron chi connectivity index (χ0n) is 10.2. The van der Waals surface area contributed by atoms with Crippen LogP contribution in [0.5, 0.6) is 0 Å². The number of rotatable bonds is 5. The van der Waals surface area contributed by atoms with Gasteiger partial charge in [0.1, 0.15) is 0 Å². The first kappa shape index (κ1) is 13.9. The van der Waals surface area contributed by atoms with E-state index in [0.717, 1.165) is 26.1 Å². The van der Waals surface area contributed by atoms with E-state index in [0.29, 0.717) is 5.92 Å². The van der Waals surface area contributed by atoms with Crippen LogP contribution in [0.15, 0.2) is 0 Å². The van der Waals surface area contributed by atoms with Gasteiger partial charge in [-0.05, 0) is 25.7 Å². The highest BCUT2D eigenvalue weighted by Crippen LogP contribution is 2.18. The van der Waals surface area contributed by atoms with Crippen molar-refractivity contribution in [2.45, 2.75) is 25.8 Å². The Balaban J connectivity index is 2.22. The second kappa shape index (κ2) is 7.24. The van der Waals surface area contributed by atoms with Crippen molar-refractivity contribution < 1.29 is 14.3 Å². The first-order valence-electron chi connectivity index (χ1n) is 5.97. The lowest BCUT2D eigenvalue weighted by molar-refractivity contribution is -0.126. The van der Waals surface area contributed by atoms with Gasteiger partial charge in [0, 0.05) is 19.3 Å². The van der Waals surface area contributed by atoms with E-state index in [4.69, 9.17) is 10.5 Å². The van der Waals surface area contributed by atoms with Gasteiger partial charge in [-0.25, -0.2) is 0 Å². The normalized spacial score (nSPS) is 18.5. The quantitative estimate of drug-likeness (QED) is 0.577. The summed E-state index contributed by atoms with van der Waals surface area (Å²) < 4.78 is 5.26. The summed E-state index contributed by atoms with van der Waals surface area (Å²) in [6.07, 6.45) is 1.94. The van der Waals surface area contributed by atoms with Gasteiger partial charge in [0.25, 0.3) is 0 Å². The predicted octanol–water partition coefficient (Wildman–Crippen LogP) is -1.01. The Morgan fingerprint density at radius 1 is 1.35 bits per heavy atom. The Bertz CT molecular complexity index is 265. The lowest BCUT2D eigenvalue weighted by Crippen LogP contribution is -2.45. The van der Waals surface area contributed by atoms with Crippen LogP contribution in [-0.2, 0) is 14.3 Å².